The van der Waals surface area contributed by atoms with Crippen molar-refractivity contribution in [3.63, 3.8) is 0 Å². The molecule has 0 atom stereocenters. The summed E-state index contributed by atoms with van der Waals surface area (Å²) in [7, 11) is 7.38. The third-order valence-electron chi connectivity index (χ3n) is 7.82. The van der Waals surface area contributed by atoms with Crippen LogP contribution in [0.15, 0.2) is 170 Å². The molecule has 350 valence electrons. The number of hydrogen-bond acceptors (Lipinski definition) is 10. The molecule has 11 nitrogen and oxygen atoms in total. The summed E-state index contributed by atoms with van der Waals surface area (Å²) in [5.41, 5.74) is -4.38. The van der Waals surface area contributed by atoms with E-state index >= 15 is 0 Å². The average Bonchev–Trinajstić information content (AvgIpc) is 3.30. The summed E-state index contributed by atoms with van der Waals surface area (Å²) in [4.78, 5) is 10.6. The Balaban J connectivity index is 0.000000411. The number of nitriles is 1. The second-order valence-electron chi connectivity index (χ2n) is 13.2. The first-order valence-electron chi connectivity index (χ1n) is 19.4. The number of phenolic OH excluding ortho intramolecular Hbond substituents is 1. The molecule has 2 N–H and O–H groups in total. The number of carboxylic acid groups (broad SMARTS) is 1. The Morgan fingerprint density at radius 1 is 0.500 bits per heavy atom. The molecule has 8 aromatic carbocycles. The maximum absolute atomic E-state index is 12.1. The minimum atomic E-state index is -5.62. The Bertz CT molecular complexity index is 2810. The Labute approximate surface area is 383 Å². The molecule has 0 amide bonds. The van der Waals surface area contributed by atoms with Gasteiger partial charge in [-0.3, -0.25) is 0 Å². The number of fused-ring (bicyclic) bond motifs is 4. The van der Waals surface area contributed by atoms with Crippen LogP contribution in [0.4, 0.5) is 13.2 Å². The van der Waals surface area contributed by atoms with Crippen molar-refractivity contribution in [1.82, 2.24) is 0 Å². The van der Waals surface area contributed by atoms with E-state index in [9.17, 15) is 26.4 Å². The second-order valence-corrected chi connectivity index (χ2v) is 14.7. The van der Waals surface area contributed by atoms with Gasteiger partial charge in [-0.25, -0.2) is 4.79 Å². The van der Waals surface area contributed by atoms with E-state index in [1.807, 2.05) is 103 Å². The lowest BCUT2D eigenvalue weighted by atomic mass is 10.1. The molecule has 0 aliphatic heterocycles. The summed E-state index contributed by atoms with van der Waals surface area (Å²) in [5.74, 6) is -0.930. The summed E-state index contributed by atoms with van der Waals surface area (Å²) in [6.45, 7) is 0. The van der Waals surface area contributed by atoms with Gasteiger partial charge in [0.1, 0.15) is 11.5 Å². The fraction of sp³-hybridized carbons (Fsp3) is 0.176. The van der Waals surface area contributed by atoms with Gasteiger partial charge in [-0.1, -0.05) is 121 Å². The van der Waals surface area contributed by atoms with Crippen LogP contribution >= 0.6 is 0 Å². The summed E-state index contributed by atoms with van der Waals surface area (Å²) in [5, 5.41) is 34.4. The molecule has 0 aliphatic rings. The molecular formula is C51H54F3NO10S. The Hall–Kier alpha value is -7.06. The smallest absolute Gasteiger partial charge is 0.508 e. The SMILES string of the molecule is COC.COC.COC.COC.N#Cc1ccc2ccccc2c1.O=C(O)c1ccc2ccccc2c1.O=S(=O)(Oc1ccc2ccccc2c1)C(F)(F)F.Oc1ccc2ccccc2c1. The first-order chi connectivity index (χ1) is 31.5. The zero-order valence-corrected chi connectivity index (χ0v) is 38.6. The Morgan fingerprint density at radius 2 is 0.833 bits per heavy atom. The van der Waals surface area contributed by atoms with E-state index in [0.717, 1.165) is 32.3 Å². The van der Waals surface area contributed by atoms with Gasteiger partial charge in [-0.05, 0) is 91.6 Å². The lowest BCUT2D eigenvalue weighted by Gasteiger charge is -2.09. The molecule has 0 fully saturated rings. The van der Waals surface area contributed by atoms with Crippen molar-refractivity contribution < 1.29 is 59.7 Å². The van der Waals surface area contributed by atoms with Crippen molar-refractivity contribution in [3.05, 3.63) is 181 Å². The molecule has 0 heterocycles. The van der Waals surface area contributed by atoms with Crippen LogP contribution in [0.2, 0.25) is 0 Å². The molecule has 0 saturated heterocycles. The van der Waals surface area contributed by atoms with Crippen molar-refractivity contribution in [3.8, 4) is 17.6 Å². The highest BCUT2D eigenvalue weighted by Crippen LogP contribution is 2.29. The molecule has 0 spiro atoms. The molecule has 0 saturated carbocycles. The van der Waals surface area contributed by atoms with E-state index in [4.69, 9.17) is 15.5 Å². The largest absolute Gasteiger partial charge is 0.534 e. The van der Waals surface area contributed by atoms with E-state index in [1.54, 1.807) is 105 Å². The summed E-state index contributed by atoms with van der Waals surface area (Å²) >= 11 is 0. The lowest BCUT2D eigenvalue weighted by molar-refractivity contribution is -0.0500. The molecule has 0 bridgehead atoms. The molecule has 8 rings (SSSR count). The number of phenols is 1. The van der Waals surface area contributed by atoms with Gasteiger partial charge >= 0.3 is 21.6 Å². The normalized spacial score (nSPS) is 9.97. The number of ether oxygens (including phenoxy) is 4. The van der Waals surface area contributed by atoms with Crippen molar-refractivity contribution >= 4 is 59.2 Å². The molecule has 0 aliphatic carbocycles. The number of carbonyl (C=O) groups is 1. The van der Waals surface area contributed by atoms with Crippen LogP contribution in [-0.2, 0) is 29.1 Å². The summed E-state index contributed by atoms with van der Waals surface area (Å²) in [6, 6.07) is 52.7. The topological polar surface area (TPSA) is 162 Å². The predicted octanol–water partition coefficient (Wildman–Crippen LogP) is 11.9. The van der Waals surface area contributed by atoms with Crippen LogP contribution in [0.1, 0.15) is 15.9 Å². The van der Waals surface area contributed by atoms with Gasteiger partial charge in [0.25, 0.3) is 0 Å². The summed E-state index contributed by atoms with van der Waals surface area (Å²) < 4.78 is 79.0. The van der Waals surface area contributed by atoms with Crippen LogP contribution < -0.4 is 4.18 Å². The van der Waals surface area contributed by atoms with Crippen LogP contribution in [0.25, 0.3) is 43.1 Å². The monoisotopic (exact) mass is 929 g/mol. The number of aromatic carboxylic acids is 1. The molecule has 66 heavy (non-hydrogen) atoms. The van der Waals surface area contributed by atoms with E-state index in [2.05, 4.69) is 29.2 Å². The first kappa shape index (κ1) is 57.0. The van der Waals surface area contributed by atoms with Gasteiger partial charge in [0.15, 0.2) is 0 Å². The predicted molar refractivity (Wildman–Crippen MR) is 256 cm³/mol. The third kappa shape index (κ3) is 20.6. The van der Waals surface area contributed by atoms with Gasteiger partial charge in [-0.15, -0.1) is 0 Å². The molecule has 0 unspecified atom stereocenters. The molecule has 8 aromatic rings. The number of nitrogens with zero attached hydrogens (tertiary/aromatic N) is 1. The molecule has 0 aromatic heterocycles. The summed E-state index contributed by atoms with van der Waals surface area (Å²) in [6.07, 6.45) is 0. The van der Waals surface area contributed by atoms with Gasteiger partial charge in [0, 0.05) is 56.9 Å². The van der Waals surface area contributed by atoms with Crippen LogP contribution in [0.3, 0.4) is 0 Å². The number of benzene rings is 8. The highest BCUT2D eigenvalue weighted by Gasteiger charge is 2.48. The van der Waals surface area contributed by atoms with E-state index in [-0.39, 0.29) is 5.75 Å². The Morgan fingerprint density at radius 3 is 1.23 bits per heavy atom. The third-order valence-corrected chi connectivity index (χ3v) is 8.80. The van der Waals surface area contributed by atoms with Crippen LogP contribution in [0.5, 0.6) is 11.5 Å². The van der Waals surface area contributed by atoms with Gasteiger partial charge < -0.3 is 33.3 Å². The van der Waals surface area contributed by atoms with E-state index < -0.39 is 21.6 Å². The van der Waals surface area contributed by atoms with Crippen molar-refractivity contribution in [2.75, 3.05) is 56.9 Å². The minimum absolute atomic E-state index is 0.323. The first-order valence-corrected chi connectivity index (χ1v) is 20.8. The fourth-order valence-electron chi connectivity index (χ4n) is 5.15. The number of rotatable bonds is 3. The zero-order valence-electron chi connectivity index (χ0n) is 37.8. The second kappa shape index (κ2) is 30.9. The maximum atomic E-state index is 12.1. The van der Waals surface area contributed by atoms with Crippen molar-refractivity contribution in [2.24, 2.45) is 0 Å². The number of carboxylic acids is 1. The minimum Gasteiger partial charge on any atom is -0.508 e. The molecule has 15 heteroatoms. The zero-order chi connectivity index (χ0) is 49.5. The highest BCUT2D eigenvalue weighted by molar-refractivity contribution is 7.88. The van der Waals surface area contributed by atoms with Crippen molar-refractivity contribution in [1.29, 1.82) is 5.26 Å². The fourth-order valence-corrected chi connectivity index (χ4v) is 5.60. The quantitative estimate of drug-likeness (QED) is 0.128. The molecule has 0 radical (unpaired) electrons. The Kier molecular flexibility index (Phi) is 26.7. The lowest BCUT2D eigenvalue weighted by Crippen LogP contribution is -2.28. The number of methoxy groups -OCH3 is 4. The highest BCUT2D eigenvalue weighted by atomic mass is 32.2. The number of aromatic hydroxyl groups is 1. The maximum Gasteiger partial charge on any atom is 0.534 e. The molecular weight excluding hydrogens is 876 g/mol. The van der Waals surface area contributed by atoms with E-state index in [1.165, 1.54) is 23.6 Å². The van der Waals surface area contributed by atoms with Crippen LogP contribution in [-0.4, -0.2) is 87.0 Å². The van der Waals surface area contributed by atoms with Gasteiger partial charge in [0.05, 0.1) is 17.2 Å². The van der Waals surface area contributed by atoms with Gasteiger partial charge in [-0.2, -0.15) is 26.9 Å². The average molecular weight is 930 g/mol. The van der Waals surface area contributed by atoms with Gasteiger partial charge in [0.2, 0.25) is 0 Å². The van der Waals surface area contributed by atoms with Crippen molar-refractivity contribution in [2.45, 2.75) is 5.51 Å². The number of hydrogen-bond donors (Lipinski definition) is 2. The number of halogens is 3. The number of alkyl halides is 3. The van der Waals surface area contributed by atoms with Crippen LogP contribution in [0, 0.1) is 11.3 Å². The van der Waals surface area contributed by atoms with E-state index in [0.29, 0.717) is 22.3 Å². The standard InChI is InChI=1S/C11H7F3O3S.C11H7N.C11H8O2.C10H8O.4C2H6O/c12-11(13,14)18(15,16)17-10-6-5-8-3-1-2-4-9(8)7-10;12-8-9-5-6-10-3-1-2-4-11(10)7-9;12-11(13)10-6-5-8-3-1-2-4-9(8)7-10;11-10-6-5-8-3-1-2-4-9(8)7-10;4*1-3-2/h1-7H;1-7H;1-7H,(H,12,13);1-7,11H;4*1-2H3.